The third-order valence-electron chi connectivity index (χ3n) is 0.625. The van der Waals surface area contributed by atoms with Crippen LogP contribution in [0, 0.1) is 0 Å². The average molecular weight is 139 g/mol. The van der Waals surface area contributed by atoms with Gasteiger partial charge in [0.2, 0.25) is 0 Å². The molecule has 0 fully saturated rings. The summed E-state index contributed by atoms with van der Waals surface area (Å²) < 4.78 is 27.1. The quantitative estimate of drug-likeness (QED) is 0.619. The second-order valence-corrected chi connectivity index (χ2v) is 1.91. The molecule has 0 amide bonds. The summed E-state index contributed by atoms with van der Waals surface area (Å²) in [5, 5.41) is 0. The molecule has 2 nitrogen and oxygen atoms in total. The molecule has 0 radical (unpaired) electrons. The number of rotatable bonds is 4. The number of hydrogen-bond acceptors (Lipinski definition) is 2. The Morgan fingerprint density at radius 1 is 1.44 bits per heavy atom. The van der Waals surface area contributed by atoms with E-state index >= 15 is 0 Å². The first-order valence-corrected chi connectivity index (χ1v) is 2.74. The van der Waals surface area contributed by atoms with E-state index in [2.05, 4.69) is 4.74 Å². The van der Waals surface area contributed by atoms with Gasteiger partial charge >= 0.3 is 0 Å². The Kier molecular flexibility index (Phi) is 4.53. The van der Waals surface area contributed by atoms with Crippen LogP contribution in [0.25, 0.3) is 0 Å². The van der Waals surface area contributed by atoms with Gasteiger partial charge in [-0.2, -0.15) is 0 Å². The molecule has 0 aromatic heterocycles. The maximum atomic E-state index is 11.3. The molecule has 0 aromatic carbocycles. The molecule has 0 heterocycles. The Morgan fingerprint density at radius 3 is 2.33 bits per heavy atom. The Hall–Kier alpha value is -0.220. The topological polar surface area (TPSA) is 35.2 Å². The molecule has 0 aliphatic heterocycles. The molecule has 2 N–H and O–H groups in total. The van der Waals surface area contributed by atoms with Gasteiger partial charge in [-0.1, -0.05) is 0 Å². The second kappa shape index (κ2) is 4.64. The molecule has 1 atom stereocenters. The summed E-state index contributed by atoms with van der Waals surface area (Å²) in [5.74, 6) is 0. The normalized spacial score (nSPS) is 14.3. The lowest BCUT2D eigenvalue weighted by Gasteiger charge is -2.04. The van der Waals surface area contributed by atoms with Gasteiger partial charge in [-0.15, -0.1) is 0 Å². The summed E-state index contributed by atoms with van der Waals surface area (Å²) in [7, 11) is 0. The van der Waals surface area contributed by atoms with Crippen molar-refractivity contribution in [1.29, 1.82) is 0 Å². The summed E-state index contributed by atoms with van der Waals surface area (Å²) in [6.07, 6.45) is -2.39. The van der Waals surface area contributed by atoms with Crippen molar-refractivity contribution < 1.29 is 13.5 Å². The van der Waals surface area contributed by atoms with E-state index in [1.54, 1.807) is 6.92 Å². The summed E-state index contributed by atoms with van der Waals surface area (Å²) in [4.78, 5) is 0. The molecule has 0 spiro atoms. The number of hydrogen-bond donors (Lipinski definition) is 1. The van der Waals surface area contributed by atoms with E-state index < -0.39 is 13.0 Å². The molecule has 4 heteroatoms. The van der Waals surface area contributed by atoms with Gasteiger partial charge in [0, 0.05) is 6.04 Å². The first-order chi connectivity index (χ1) is 4.13. The number of ether oxygens (including phenoxy) is 1. The zero-order valence-electron chi connectivity index (χ0n) is 5.31. The molecule has 56 valence electrons. The van der Waals surface area contributed by atoms with Crippen molar-refractivity contribution in [2.75, 3.05) is 13.2 Å². The van der Waals surface area contributed by atoms with Gasteiger partial charge in [-0.3, -0.25) is 0 Å². The monoisotopic (exact) mass is 139 g/mol. The predicted molar refractivity (Wildman–Crippen MR) is 30.5 cm³/mol. The molecule has 0 aliphatic carbocycles. The summed E-state index contributed by atoms with van der Waals surface area (Å²) in [6.45, 7) is 1.39. The molecule has 0 aromatic rings. The minimum absolute atomic E-state index is 0.163. The van der Waals surface area contributed by atoms with Gasteiger partial charge in [0.05, 0.1) is 6.61 Å². The van der Waals surface area contributed by atoms with Crippen molar-refractivity contribution in [2.24, 2.45) is 5.73 Å². The van der Waals surface area contributed by atoms with E-state index in [-0.39, 0.29) is 12.6 Å². The van der Waals surface area contributed by atoms with Crippen LogP contribution in [0.4, 0.5) is 8.78 Å². The molecule has 0 saturated carbocycles. The van der Waals surface area contributed by atoms with Crippen LogP contribution in [0.1, 0.15) is 6.92 Å². The van der Waals surface area contributed by atoms with Gasteiger partial charge in [0.15, 0.2) is 0 Å². The minimum Gasteiger partial charge on any atom is -0.374 e. The van der Waals surface area contributed by atoms with Crippen molar-refractivity contribution in [3.63, 3.8) is 0 Å². The Balaban J connectivity index is 2.91. The second-order valence-electron chi connectivity index (χ2n) is 1.91. The molecule has 1 unspecified atom stereocenters. The molecule has 9 heavy (non-hydrogen) atoms. The largest absolute Gasteiger partial charge is 0.374 e. The number of alkyl halides is 2. The molecule has 0 rings (SSSR count). The smallest absolute Gasteiger partial charge is 0.261 e. The first-order valence-electron chi connectivity index (χ1n) is 2.74. The van der Waals surface area contributed by atoms with E-state index in [1.807, 2.05) is 0 Å². The Labute approximate surface area is 53.0 Å². The minimum atomic E-state index is -2.39. The third-order valence-corrected chi connectivity index (χ3v) is 0.625. The van der Waals surface area contributed by atoms with E-state index in [4.69, 9.17) is 5.73 Å². The first kappa shape index (κ1) is 8.78. The Morgan fingerprint density at radius 2 is 2.00 bits per heavy atom. The highest BCUT2D eigenvalue weighted by Gasteiger charge is 2.01. The molecule has 0 aliphatic rings. The van der Waals surface area contributed by atoms with Crippen LogP contribution in [0.5, 0.6) is 0 Å². The standard InChI is InChI=1S/C5H11F2NO/c1-4(8)2-9-3-5(6)7/h4-5H,2-3,8H2,1H3. The van der Waals surface area contributed by atoms with E-state index in [9.17, 15) is 8.78 Å². The van der Waals surface area contributed by atoms with Crippen molar-refractivity contribution in [1.82, 2.24) is 0 Å². The SMILES string of the molecule is CC(N)COCC(F)F. The van der Waals surface area contributed by atoms with Gasteiger partial charge in [0.1, 0.15) is 6.61 Å². The van der Waals surface area contributed by atoms with Crippen LogP contribution in [0.3, 0.4) is 0 Å². The van der Waals surface area contributed by atoms with E-state index in [0.29, 0.717) is 0 Å². The van der Waals surface area contributed by atoms with Gasteiger partial charge in [-0.25, -0.2) is 8.78 Å². The fraction of sp³-hybridized carbons (Fsp3) is 1.00. The van der Waals surface area contributed by atoms with Crippen LogP contribution in [-0.2, 0) is 4.74 Å². The van der Waals surface area contributed by atoms with Gasteiger partial charge in [-0.05, 0) is 6.92 Å². The fourth-order valence-corrected chi connectivity index (χ4v) is 0.343. The summed E-state index contributed by atoms with van der Waals surface area (Å²) >= 11 is 0. The van der Waals surface area contributed by atoms with E-state index in [0.717, 1.165) is 0 Å². The fourth-order valence-electron chi connectivity index (χ4n) is 0.343. The zero-order valence-corrected chi connectivity index (χ0v) is 5.31. The molecule has 0 bridgehead atoms. The number of nitrogens with two attached hydrogens (primary N) is 1. The van der Waals surface area contributed by atoms with Crippen molar-refractivity contribution in [3.05, 3.63) is 0 Å². The highest BCUT2D eigenvalue weighted by atomic mass is 19.3. The lowest BCUT2D eigenvalue weighted by molar-refractivity contribution is 0.0141. The maximum absolute atomic E-state index is 11.3. The Bertz CT molecular complexity index is 60.0. The molecular weight excluding hydrogens is 128 g/mol. The predicted octanol–water partition coefficient (Wildman–Crippen LogP) is 0.615. The lowest BCUT2D eigenvalue weighted by atomic mass is 10.4. The third kappa shape index (κ3) is 7.78. The van der Waals surface area contributed by atoms with Crippen LogP contribution in [0.2, 0.25) is 0 Å². The van der Waals surface area contributed by atoms with Crippen LogP contribution in [-0.4, -0.2) is 25.7 Å². The molecule has 0 saturated heterocycles. The van der Waals surface area contributed by atoms with Crippen LogP contribution in [0.15, 0.2) is 0 Å². The highest BCUT2D eigenvalue weighted by Crippen LogP contribution is 1.92. The summed E-state index contributed by atoms with van der Waals surface area (Å²) in [5.41, 5.74) is 5.21. The lowest BCUT2D eigenvalue weighted by Crippen LogP contribution is -2.23. The van der Waals surface area contributed by atoms with E-state index in [1.165, 1.54) is 0 Å². The molecular formula is C5H11F2NO. The van der Waals surface area contributed by atoms with Crippen molar-refractivity contribution in [2.45, 2.75) is 19.4 Å². The average Bonchev–Trinajstić information content (AvgIpc) is 1.63. The van der Waals surface area contributed by atoms with Crippen molar-refractivity contribution >= 4 is 0 Å². The van der Waals surface area contributed by atoms with Crippen LogP contribution < -0.4 is 5.73 Å². The van der Waals surface area contributed by atoms with Gasteiger partial charge < -0.3 is 10.5 Å². The van der Waals surface area contributed by atoms with Crippen LogP contribution >= 0.6 is 0 Å². The van der Waals surface area contributed by atoms with Gasteiger partial charge in [0.25, 0.3) is 6.43 Å². The number of halogens is 2. The van der Waals surface area contributed by atoms with Crippen molar-refractivity contribution in [3.8, 4) is 0 Å². The zero-order chi connectivity index (χ0) is 7.28. The summed E-state index contributed by atoms with van der Waals surface area (Å²) in [6, 6.07) is -0.163. The maximum Gasteiger partial charge on any atom is 0.261 e. The highest BCUT2D eigenvalue weighted by molar-refractivity contribution is 4.48.